The smallest absolute Gasteiger partial charge is 0.190 e. The predicted molar refractivity (Wildman–Crippen MR) is 197 cm³/mol. The molecule has 0 aliphatic heterocycles. The zero-order valence-electron chi connectivity index (χ0n) is 32.0. The standard InChI is InChI=1S/C39H52O9Si/c1-20-21(2)23(4)39(22(20)3)49(30-17-27(40-8)33(43-11)24(5)36(30)46-14,31-18-28(41-9)34(44-12)25(6)37(31)47-15)32-19-29(42-10)35(45-13)26(7)38(32)48-16/h17-19,22H,1-16H3. The van der Waals surface area contributed by atoms with E-state index in [4.69, 9.17) is 42.6 Å². The first kappa shape index (κ1) is 37.4. The van der Waals surface area contributed by atoms with Gasteiger partial charge in [-0.05, 0) is 71.2 Å². The summed E-state index contributed by atoms with van der Waals surface area (Å²) in [4.78, 5) is 0. The molecule has 1 unspecified atom stereocenters. The second-order valence-corrected chi connectivity index (χ2v) is 15.9. The van der Waals surface area contributed by atoms with Gasteiger partial charge >= 0.3 is 0 Å². The summed E-state index contributed by atoms with van der Waals surface area (Å²) in [7, 11) is 11.3. The zero-order valence-corrected chi connectivity index (χ0v) is 33.0. The summed E-state index contributed by atoms with van der Waals surface area (Å²) in [6, 6.07) is 6.18. The fourth-order valence-electron chi connectivity index (χ4n) is 7.94. The SMILES string of the molecule is COc1cc([Si](C2=C(C)C(C)=C(C)C2C)(c2cc(OC)c(OC)c(C)c2OC)c2cc(OC)c(OC)c(C)c2OC)c(OC)c(C)c1OC. The number of ether oxygens (including phenoxy) is 9. The lowest BCUT2D eigenvalue weighted by atomic mass is 10.1. The van der Waals surface area contributed by atoms with Gasteiger partial charge in [-0.3, -0.25) is 0 Å². The lowest BCUT2D eigenvalue weighted by Gasteiger charge is -2.42. The van der Waals surface area contributed by atoms with Crippen molar-refractivity contribution < 1.29 is 42.6 Å². The molecule has 0 spiro atoms. The molecule has 0 radical (unpaired) electrons. The third kappa shape index (κ3) is 5.44. The number of benzene rings is 3. The maximum atomic E-state index is 6.43. The maximum Gasteiger partial charge on any atom is 0.190 e. The Bertz CT molecular complexity index is 1650. The van der Waals surface area contributed by atoms with Crippen molar-refractivity contribution in [3.05, 3.63) is 56.8 Å². The molecule has 4 rings (SSSR count). The van der Waals surface area contributed by atoms with Gasteiger partial charge in [0, 0.05) is 32.3 Å². The Morgan fingerprint density at radius 2 is 0.694 bits per heavy atom. The van der Waals surface area contributed by atoms with Crippen molar-refractivity contribution in [3.8, 4) is 51.7 Å². The van der Waals surface area contributed by atoms with Crippen LogP contribution in [0.3, 0.4) is 0 Å². The number of hydrogen-bond donors (Lipinski definition) is 0. The van der Waals surface area contributed by atoms with E-state index < -0.39 is 8.07 Å². The van der Waals surface area contributed by atoms with Crippen LogP contribution in [0.15, 0.2) is 40.1 Å². The molecule has 0 fully saturated rings. The average molecular weight is 693 g/mol. The van der Waals surface area contributed by atoms with Crippen molar-refractivity contribution in [1.82, 2.24) is 0 Å². The maximum absolute atomic E-state index is 6.43. The van der Waals surface area contributed by atoms with Gasteiger partial charge in [-0.2, -0.15) is 0 Å². The Kier molecular flexibility index (Phi) is 11.1. The zero-order chi connectivity index (χ0) is 36.5. The highest BCUT2D eigenvalue weighted by Crippen LogP contribution is 2.49. The molecule has 3 aromatic rings. The number of methoxy groups -OCH3 is 9. The molecular weight excluding hydrogens is 641 g/mol. The molecule has 266 valence electrons. The second kappa shape index (κ2) is 14.6. The molecule has 0 aromatic heterocycles. The molecule has 1 aliphatic rings. The first-order valence-corrected chi connectivity index (χ1v) is 18.1. The van der Waals surface area contributed by atoms with E-state index in [1.807, 2.05) is 20.8 Å². The van der Waals surface area contributed by atoms with Crippen molar-refractivity contribution >= 4 is 23.6 Å². The van der Waals surface area contributed by atoms with Crippen molar-refractivity contribution in [1.29, 1.82) is 0 Å². The van der Waals surface area contributed by atoms with Crippen LogP contribution in [0.2, 0.25) is 0 Å². The molecule has 0 heterocycles. The van der Waals surface area contributed by atoms with Crippen LogP contribution in [0.4, 0.5) is 0 Å². The number of allylic oxidation sites excluding steroid dienone is 4. The Balaban J connectivity index is 2.57. The summed E-state index contributed by atoms with van der Waals surface area (Å²) in [5.41, 5.74) is 6.11. The topological polar surface area (TPSA) is 83.1 Å². The average Bonchev–Trinajstić information content (AvgIpc) is 3.29. The van der Waals surface area contributed by atoms with Gasteiger partial charge in [0.25, 0.3) is 0 Å². The lowest BCUT2D eigenvalue weighted by Crippen LogP contribution is -2.70. The molecule has 0 N–H and O–H groups in total. The second-order valence-electron chi connectivity index (χ2n) is 12.3. The molecule has 0 saturated carbocycles. The highest BCUT2D eigenvalue weighted by Gasteiger charge is 2.54. The van der Waals surface area contributed by atoms with E-state index in [0.717, 1.165) is 32.3 Å². The van der Waals surface area contributed by atoms with E-state index in [9.17, 15) is 0 Å². The summed E-state index contributed by atoms with van der Waals surface area (Å²) in [6.45, 7) is 14.9. The van der Waals surface area contributed by atoms with Gasteiger partial charge in [0.2, 0.25) is 0 Å². The molecule has 0 amide bonds. The van der Waals surface area contributed by atoms with Gasteiger partial charge < -0.3 is 42.6 Å². The summed E-state index contributed by atoms with van der Waals surface area (Å²) in [5, 5.41) is 4.00. The quantitative estimate of drug-likeness (QED) is 0.158. The van der Waals surface area contributed by atoms with Crippen LogP contribution in [-0.4, -0.2) is 72.1 Å². The first-order chi connectivity index (χ1) is 23.4. The van der Waals surface area contributed by atoms with E-state index in [0.29, 0.717) is 51.7 Å². The van der Waals surface area contributed by atoms with Crippen LogP contribution in [0, 0.1) is 26.7 Å². The van der Waals surface area contributed by atoms with Crippen LogP contribution in [0.1, 0.15) is 44.4 Å². The number of rotatable bonds is 13. The Morgan fingerprint density at radius 3 is 0.898 bits per heavy atom. The Morgan fingerprint density at radius 1 is 0.408 bits per heavy atom. The molecule has 1 aliphatic carbocycles. The lowest BCUT2D eigenvalue weighted by molar-refractivity contribution is 0.346. The minimum absolute atomic E-state index is 0.0287. The van der Waals surface area contributed by atoms with E-state index >= 15 is 0 Å². The van der Waals surface area contributed by atoms with E-state index in [2.05, 4.69) is 45.9 Å². The highest BCUT2D eigenvalue weighted by molar-refractivity contribution is 7.17. The van der Waals surface area contributed by atoms with Crippen LogP contribution in [0.5, 0.6) is 51.7 Å². The van der Waals surface area contributed by atoms with Crippen molar-refractivity contribution in [3.63, 3.8) is 0 Å². The molecular formula is C39H52O9Si. The molecule has 3 aromatic carbocycles. The van der Waals surface area contributed by atoms with E-state index in [-0.39, 0.29) is 5.92 Å². The molecule has 49 heavy (non-hydrogen) atoms. The minimum atomic E-state index is -3.69. The molecule has 0 saturated heterocycles. The van der Waals surface area contributed by atoms with Crippen molar-refractivity contribution in [2.24, 2.45) is 5.92 Å². The van der Waals surface area contributed by atoms with Gasteiger partial charge in [0.15, 0.2) is 42.6 Å². The Labute approximate surface area is 292 Å². The third-order valence-corrected chi connectivity index (χ3v) is 15.6. The summed E-state index contributed by atoms with van der Waals surface area (Å²) < 4.78 is 55.3. The van der Waals surface area contributed by atoms with Crippen LogP contribution < -0.4 is 58.2 Å². The van der Waals surface area contributed by atoms with Gasteiger partial charge in [-0.1, -0.05) is 23.3 Å². The summed E-state index contributed by atoms with van der Waals surface area (Å²) in [5.74, 6) is 5.53. The predicted octanol–water partition coefficient (Wildman–Crippen LogP) is 6.00. The third-order valence-electron chi connectivity index (χ3n) is 10.4. The van der Waals surface area contributed by atoms with Crippen molar-refractivity contribution in [2.45, 2.75) is 48.5 Å². The van der Waals surface area contributed by atoms with E-state index in [1.54, 1.807) is 64.0 Å². The van der Waals surface area contributed by atoms with Gasteiger partial charge in [0.1, 0.15) is 17.2 Å². The fourth-order valence-corrected chi connectivity index (χ4v) is 14.2. The normalized spacial score (nSPS) is 14.6. The fraction of sp³-hybridized carbons (Fsp3) is 0.436. The highest BCUT2D eigenvalue weighted by atomic mass is 28.3. The first-order valence-electron chi connectivity index (χ1n) is 16.1. The monoisotopic (exact) mass is 692 g/mol. The van der Waals surface area contributed by atoms with Gasteiger partial charge in [-0.15, -0.1) is 0 Å². The van der Waals surface area contributed by atoms with Gasteiger partial charge in [-0.25, -0.2) is 0 Å². The van der Waals surface area contributed by atoms with Crippen LogP contribution in [-0.2, 0) is 0 Å². The van der Waals surface area contributed by atoms with Crippen LogP contribution >= 0.6 is 0 Å². The van der Waals surface area contributed by atoms with Crippen LogP contribution in [0.25, 0.3) is 0 Å². The summed E-state index contributed by atoms with van der Waals surface area (Å²) >= 11 is 0. The molecule has 9 nitrogen and oxygen atoms in total. The van der Waals surface area contributed by atoms with E-state index in [1.165, 1.54) is 21.9 Å². The molecule has 0 bridgehead atoms. The summed E-state index contributed by atoms with van der Waals surface area (Å²) in [6.07, 6.45) is 0. The Hall–Kier alpha value is -4.44. The minimum Gasteiger partial charge on any atom is -0.496 e. The van der Waals surface area contributed by atoms with Crippen molar-refractivity contribution in [2.75, 3.05) is 64.0 Å². The molecule has 1 atom stereocenters. The largest absolute Gasteiger partial charge is 0.496 e. The number of hydrogen-bond acceptors (Lipinski definition) is 9. The van der Waals surface area contributed by atoms with Gasteiger partial charge in [0.05, 0.1) is 64.0 Å². The molecule has 10 heteroatoms.